The Morgan fingerprint density at radius 2 is 1.80 bits per heavy atom. The predicted molar refractivity (Wildman–Crippen MR) is 85.7 cm³/mol. The number of hydrogen-bond donors (Lipinski definition) is 1. The molecule has 0 aliphatic carbocycles. The fraction of sp³-hybridized carbons (Fsp3) is 0.294. The monoisotopic (exact) mass is 288 g/mol. The van der Waals surface area contributed by atoms with Crippen molar-refractivity contribution < 1.29 is 0 Å². The highest BCUT2D eigenvalue weighted by Gasteiger charge is 2.14. The van der Waals surface area contributed by atoms with Crippen LogP contribution in [0.3, 0.4) is 0 Å². The molecule has 20 heavy (non-hydrogen) atoms. The summed E-state index contributed by atoms with van der Waals surface area (Å²) in [6.45, 7) is 3.63. The second kappa shape index (κ2) is 6.89. The van der Waals surface area contributed by atoms with Gasteiger partial charge >= 0.3 is 0 Å². The van der Waals surface area contributed by atoms with Crippen molar-refractivity contribution in [3.05, 3.63) is 70.2 Å². The molecule has 1 unspecified atom stereocenters. The molecule has 0 bridgehead atoms. The number of halogens is 1. The third-order valence-corrected chi connectivity index (χ3v) is 4.02. The quantitative estimate of drug-likeness (QED) is 0.901. The van der Waals surface area contributed by atoms with E-state index in [9.17, 15) is 0 Å². The van der Waals surface area contributed by atoms with Crippen LogP contribution < -0.4 is 5.73 Å². The Morgan fingerprint density at radius 1 is 1.10 bits per heavy atom. The second-order valence-electron chi connectivity index (χ2n) is 5.14. The standard InChI is InChI=1S/C17H21ClN2/c1-13(16-8-3-4-9-17(16)18)20(2)12-15-7-5-6-14(10-15)11-19/h3-10,13H,11-12,19H2,1-2H3. The van der Waals surface area contributed by atoms with E-state index in [-0.39, 0.29) is 6.04 Å². The van der Waals surface area contributed by atoms with Crippen molar-refractivity contribution in [2.45, 2.75) is 26.1 Å². The molecular weight excluding hydrogens is 268 g/mol. The Labute approximate surface area is 126 Å². The molecule has 0 saturated carbocycles. The molecule has 0 radical (unpaired) electrons. The average molecular weight is 289 g/mol. The topological polar surface area (TPSA) is 29.3 Å². The molecule has 2 aromatic carbocycles. The molecule has 0 aromatic heterocycles. The van der Waals surface area contributed by atoms with Gasteiger partial charge in [0.2, 0.25) is 0 Å². The maximum Gasteiger partial charge on any atom is 0.0453 e. The van der Waals surface area contributed by atoms with Gasteiger partial charge in [0.25, 0.3) is 0 Å². The number of nitrogens with zero attached hydrogens (tertiary/aromatic N) is 1. The average Bonchev–Trinajstić information content (AvgIpc) is 2.47. The Kier molecular flexibility index (Phi) is 5.18. The largest absolute Gasteiger partial charge is 0.326 e. The van der Waals surface area contributed by atoms with E-state index in [4.69, 9.17) is 17.3 Å². The van der Waals surface area contributed by atoms with Crippen LogP contribution in [0.25, 0.3) is 0 Å². The lowest BCUT2D eigenvalue weighted by molar-refractivity contribution is 0.253. The molecule has 0 spiro atoms. The highest BCUT2D eigenvalue weighted by atomic mass is 35.5. The summed E-state index contributed by atoms with van der Waals surface area (Å²) in [6.07, 6.45) is 0. The molecule has 0 saturated heterocycles. The summed E-state index contributed by atoms with van der Waals surface area (Å²) < 4.78 is 0. The van der Waals surface area contributed by atoms with Crippen LogP contribution in [0.5, 0.6) is 0 Å². The van der Waals surface area contributed by atoms with Gasteiger partial charge in [-0.2, -0.15) is 0 Å². The molecule has 1 atom stereocenters. The number of nitrogens with two attached hydrogens (primary N) is 1. The minimum absolute atomic E-state index is 0.269. The summed E-state index contributed by atoms with van der Waals surface area (Å²) in [4.78, 5) is 2.29. The van der Waals surface area contributed by atoms with Crippen molar-refractivity contribution in [2.24, 2.45) is 5.73 Å². The van der Waals surface area contributed by atoms with Gasteiger partial charge in [-0.1, -0.05) is 54.1 Å². The number of hydrogen-bond acceptors (Lipinski definition) is 2. The van der Waals surface area contributed by atoms with Crippen LogP contribution in [0.1, 0.15) is 29.7 Å². The van der Waals surface area contributed by atoms with E-state index in [1.165, 1.54) is 11.1 Å². The summed E-state index contributed by atoms with van der Waals surface area (Å²) in [5.41, 5.74) is 9.29. The third-order valence-electron chi connectivity index (χ3n) is 3.68. The van der Waals surface area contributed by atoms with Crippen LogP contribution >= 0.6 is 11.6 Å². The molecule has 0 heterocycles. The summed E-state index contributed by atoms with van der Waals surface area (Å²) in [5, 5.41) is 0.822. The highest BCUT2D eigenvalue weighted by Crippen LogP contribution is 2.27. The van der Waals surface area contributed by atoms with Crippen molar-refractivity contribution in [3.8, 4) is 0 Å². The van der Waals surface area contributed by atoms with Gasteiger partial charge in [-0.25, -0.2) is 0 Å². The van der Waals surface area contributed by atoms with Crippen LogP contribution in [0, 0.1) is 0 Å². The van der Waals surface area contributed by atoms with Crippen molar-refractivity contribution in [3.63, 3.8) is 0 Å². The number of rotatable bonds is 5. The summed E-state index contributed by atoms with van der Waals surface area (Å²) in [7, 11) is 2.11. The Bertz CT molecular complexity index is 568. The van der Waals surface area contributed by atoms with Gasteiger partial charge in [-0.3, -0.25) is 4.90 Å². The molecule has 0 amide bonds. The lowest BCUT2D eigenvalue weighted by atomic mass is 10.1. The number of benzene rings is 2. The van der Waals surface area contributed by atoms with Crippen LogP contribution in [0.2, 0.25) is 5.02 Å². The summed E-state index contributed by atoms with van der Waals surface area (Å²) in [6, 6.07) is 16.7. The lowest BCUT2D eigenvalue weighted by Gasteiger charge is -2.26. The SMILES string of the molecule is CC(c1ccccc1Cl)N(C)Cc1cccc(CN)c1. The van der Waals surface area contributed by atoms with E-state index >= 15 is 0 Å². The first-order valence-corrected chi connectivity index (χ1v) is 7.22. The van der Waals surface area contributed by atoms with Crippen LogP contribution in [0.15, 0.2) is 48.5 Å². The second-order valence-corrected chi connectivity index (χ2v) is 5.54. The zero-order valence-electron chi connectivity index (χ0n) is 12.0. The third kappa shape index (κ3) is 3.60. The van der Waals surface area contributed by atoms with Crippen molar-refractivity contribution >= 4 is 11.6 Å². The van der Waals surface area contributed by atoms with Gasteiger partial charge in [0.15, 0.2) is 0 Å². The van der Waals surface area contributed by atoms with Crippen molar-refractivity contribution in [1.29, 1.82) is 0 Å². The molecule has 2 aromatic rings. The first kappa shape index (κ1) is 15.0. The molecule has 106 valence electrons. The van der Waals surface area contributed by atoms with Crippen LogP contribution in [0.4, 0.5) is 0 Å². The van der Waals surface area contributed by atoms with E-state index in [1.54, 1.807) is 0 Å². The fourth-order valence-corrected chi connectivity index (χ4v) is 2.62. The molecule has 2 nitrogen and oxygen atoms in total. The first-order chi connectivity index (χ1) is 9.61. The van der Waals surface area contributed by atoms with Gasteiger partial charge in [0.1, 0.15) is 0 Å². The Morgan fingerprint density at radius 3 is 2.50 bits per heavy atom. The molecule has 2 rings (SSSR count). The first-order valence-electron chi connectivity index (χ1n) is 6.84. The minimum atomic E-state index is 0.269. The summed E-state index contributed by atoms with van der Waals surface area (Å²) in [5.74, 6) is 0. The van der Waals surface area contributed by atoms with E-state index < -0.39 is 0 Å². The van der Waals surface area contributed by atoms with E-state index in [1.807, 2.05) is 18.2 Å². The van der Waals surface area contributed by atoms with Crippen LogP contribution in [-0.4, -0.2) is 11.9 Å². The zero-order valence-corrected chi connectivity index (χ0v) is 12.8. The molecule has 2 N–H and O–H groups in total. The van der Waals surface area contributed by atoms with Gasteiger partial charge in [0, 0.05) is 24.2 Å². The van der Waals surface area contributed by atoms with E-state index in [2.05, 4.69) is 49.2 Å². The maximum absolute atomic E-state index is 6.27. The smallest absolute Gasteiger partial charge is 0.0453 e. The molecule has 0 fully saturated rings. The summed E-state index contributed by atoms with van der Waals surface area (Å²) >= 11 is 6.27. The minimum Gasteiger partial charge on any atom is -0.326 e. The van der Waals surface area contributed by atoms with Gasteiger partial charge in [0.05, 0.1) is 0 Å². The fourth-order valence-electron chi connectivity index (χ4n) is 2.33. The Balaban J connectivity index is 2.11. The molecule has 0 aliphatic rings. The van der Waals surface area contributed by atoms with Crippen molar-refractivity contribution in [1.82, 2.24) is 4.90 Å². The maximum atomic E-state index is 6.27. The lowest BCUT2D eigenvalue weighted by Crippen LogP contribution is -2.22. The van der Waals surface area contributed by atoms with Gasteiger partial charge < -0.3 is 5.73 Å². The van der Waals surface area contributed by atoms with Gasteiger partial charge in [-0.05, 0) is 36.7 Å². The molecule has 0 aliphatic heterocycles. The zero-order chi connectivity index (χ0) is 14.5. The van der Waals surface area contributed by atoms with Crippen molar-refractivity contribution in [2.75, 3.05) is 7.05 Å². The predicted octanol–water partition coefficient (Wildman–Crippen LogP) is 3.99. The molecule has 3 heteroatoms. The Hall–Kier alpha value is -1.35. The highest BCUT2D eigenvalue weighted by molar-refractivity contribution is 6.31. The van der Waals surface area contributed by atoms with E-state index in [0.29, 0.717) is 6.54 Å². The van der Waals surface area contributed by atoms with E-state index in [0.717, 1.165) is 17.1 Å². The molecular formula is C17H21ClN2. The normalized spacial score (nSPS) is 12.7. The van der Waals surface area contributed by atoms with Gasteiger partial charge in [-0.15, -0.1) is 0 Å². The van der Waals surface area contributed by atoms with Crippen LogP contribution in [-0.2, 0) is 13.1 Å².